The molecule has 27 heavy (non-hydrogen) atoms. The second kappa shape index (κ2) is 15.1. The van der Waals surface area contributed by atoms with Crippen molar-refractivity contribution < 1.29 is 18.9 Å². The Kier molecular flexibility index (Phi) is 12.9. The molecule has 0 aliphatic carbocycles. The molecule has 0 bridgehead atoms. The maximum Gasteiger partial charge on any atom is 0.191 e. The zero-order chi connectivity index (χ0) is 19.7. The van der Waals surface area contributed by atoms with Crippen molar-refractivity contribution in [3.8, 4) is 11.5 Å². The molecule has 0 amide bonds. The predicted octanol–water partition coefficient (Wildman–Crippen LogP) is 2.46. The van der Waals surface area contributed by atoms with E-state index in [1.165, 1.54) is 0 Å². The normalized spacial score (nSPS) is 12.5. The number of nitrogens with one attached hydrogen (secondary N) is 2. The molecule has 2 N–H and O–H groups in total. The lowest BCUT2D eigenvalue weighted by Crippen LogP contribution is -2.38. The first-order chi connectivity index (χ1) is 13.2. The van der Waals surface area contributed by atoms with Crippen LogP contribution in [0.25, 0.3) is 0 Å². The van der Waals surface area contributed by atoms with Crippen molar-refractivity contribution in [1.82, 2.24) is 10.6 Å². The Morgan fingerprint density at radius 1 is 1.07 bits per heavy atom. The Labute approximate surface area is 163 Å². The van der Waals surface area contributed by atoms with Crippen LogP contribution < -0.4 is 20.1 Å². The summed E-state index contributed by atoms with van der Waals surface area (Å²) in [6.45, 7) is 8.34. The van der Waals surface area contributed by atoms with E-state index in [2.05, 4.69) is 22.5 Å². The lowest BCUT2D eigenvalue weighted by Gasteiger charge is -2.15. The molecule has 0 spiro atoms. The van der Waals surface area contributed by atoms with Gasteiger partial charge in [-0.05, 0) is 38.8 Å². The summed E-state index contributed by atoms with van der Waals surface area (Å²) < 4.78 is 21.5. The highest BCUT2D eigenvalue weighted by Gasteiger charge is 2.05. The number of ether oxygens (including phenoxy) is 4. The molecule has 0 saturated heterocycles. The van der Waals surface area contributed by atoms with Crippen molar-refractivity contribution in [3.63, 3.8) is 0 Å². The van der Waals surface area contributed by atoms with E-state index in [0.717, 1.165) is 50.0 Å². The number of nitrogens with zero attached hydrogens (tertiary/aromatic N) is 1. The molecule has 1 aromatic rings. The van der Waals surface area contributed by atoms with Gasteiger partial charge < -0.3 is 29.6 Å². The molecule has 7 nitrogen and oxygen atoms in total. The van der Waals surface area contributed by atoms with E-state index in [1.54, 1.807) is 14.2 Å². The lowest BCUT2D eigenvalue weighted by atomic mass is 10.3. The summed E-state index contributed by atoms with van der Waals surface area (Å²) in [6, 6.07) is 7.60. The van der Waals surface area contributed by atoms with Crippen LogP contribution in [0.4, 0.5) is 0 Å². The molecule has 0 heterocycles. The molecule has 0 radical (unpaired) electrons. The molecule has 0 aliphatic rings. The van der Waals surface area contributed by atoms with Gasteiger partial charge in [-0.25, -0.2) is 4.99 Å². The number of hydrogen-bond acceptors (Lipinski definition) is 5. The maximum atomic E-state index is 5.91. The van der Waals surface area contributed by atoms with Crippen LogP contribution in [-0.2, 0) is 9.47 Å². The first kappa shape index (κ1) is 23.0. The van der Waals surface area contributed by atoms with E-state index in [1.807, 2.05) is 31.2 Å². The zero-order valence-electron chi connectivity index (χ0n) is 17.1. The van der Waals surface area contributed by atoms with E-state index < -0.39 is 0 Å². The minimum Gasteiger partial charge on any atom is -0.497 e. The molecule has 0 saturated carbocycles. The van der Waals surface area contributed by atoms with Gasteiger partial charge in [0.1, 0.15) is 17.6 Å². The van der Waals surface area contributed by atoms with Crippen LogP contribution in [0.15, 0.2) is 29.3 Å². The molecule has 1 rings (SSSR count). The fourth-order valence-electron chi connectivity index (χ4n) is 2.29. The predicted molar refractivity (Wildman–Crippen MR) is 109 cm³/mol. The van der Waals surface area contributed by atoms with Crippen LogP contribution in [0.5, 0.6) is 11.5 Å². The van der Waals surface area contributed by atoms with Gasteiger partial charge in [0.15, 0.2) is 5.96 Å². The summed E-state index contributed by atoms with van der Waals surface area (Å²) in [7, 11) is 3.32. The maximum absolute atomic E-state index is 5.91. The number of methoxy groups -OCH3 is 2. The number of hydrogen-bond donors (Lipinski definition) is 2. The monoisotopic (exact) mass is 381 g/mol. The third kappa shape index (κ3) is 11.4. The topological polar surface area (TPSA) is 73.3 Å². The Bertz CT molecular complexity index is 526. The van der Waals surface area contributed by atoms with Crippen LogP contribution >= 0.6 is 0 Å². The molecule has 0 fully saturated rings. The number of unbranched alkanes of at least 4 members (excludes halogenated alkanes) is 1. The Morgan fingerprint density at radius 3 is 2.63 bits per heavy atom. The van der Waals surface area contributed by atoms with E-state index in [-0.39, 0.29) is 6.10 Å². The number of benzene rings is 1. The van der Waals surface area contributed by atoms with Crippen molar-refractivity contribution in [1.29, 1.82) is 0 Å². The van der Waals surface area contributed by atoms with Gasteiger partial charge in [-0.2, -0.15) is 0 Å². The number of aliphatic imine (C=N–C) groups is 1. The van der Waals surface area contributed by atoms with Gasteiger partial charge in [-0.3, -0.25) is 0 Å². The SMILES string of the molecule is CCNC(=NCC(C)Oc1cccc(OC)c1)NCCCCOCCOC. The van der Waals surface area contributed by atoms with Crippen molar-refractivity contribution in [2.75, 3.05) is 53.7 Å². The molecule has 0 aromatic heterocycles. The van der Waals surface area contributed by atoms with E-state index in [0.29, 0.717) is 19.8 Å². The van der Waals surface area contributed by atoms with Crippen molar-refractivity contribution in [2.24, 2.45) is 4.99 Å². The highest BCUT2D eigenvalue weighted by atomic mass is 16.5. The molecule has 154 valence electrons. The van der Waals surface area contributed by atoms with Crippen LogP contribution in [0.3, 0.4) is 0 Å². The summed E-state index contributed by atoms with van der Waals surface area (Å²) in [5, 5.41) is 6.60. The fourth-order valence-corrected chi connectivity index (χ4v) is 2.29. The van der Waals surface area contributed by atoms with E-state index in [4.69, 9.17) is 18.9 Å². The average Bonchev–Trinajstić information content (AvgIpc) is 2.68. The second-order valence-electron chi connectivity index (χ2n) is 6.07. The van der Waals surface area contributed by atoms with Crippen LogP contribution in [0, 0.1) is 0 Å². The standard InChI is InChI=1S/C20H35N3O4/c1-5-21-20(22-11-6-7-12-26-14-13-24-3)23-16-17(2)27-19-10-8-9-18(15-19)25-4/h8-10,15,17H,5-7,11-14,16H2,1-4H3,(H2,21,22,23). The van der Waals surface area contributed by atoms with Gasteiger partial charge in [0.05, 0.1) is 26.9 Å². The first-order valence-electron chi connectivity index (χ1n) is 9.59. The van der Waals surface area contributed by atoms with Gasteiger partial charge in [0.25, 0.3) is 0 Å². The molecular weight excluding hydrogens is 346 g/mol. The van der Waals surface area contributed by atoms with Gasteiger partial charge in [0, 0.05) is 32.9 Å². The van der Waals surface area contributed by atoms with Gasteiger partial charge in [-0.1, -0.05) is 6.07 Å². The van der Waals surface area contributed by atoms with Gasteiger partial charge in [0.2, 0.25) is 0 Å². The van der Waals surface area contributed by atoms with Crippen molar-refractivity contribution >= 4 is 5.96 Å². The smallest absolute Gasteiger partial charge is 0.191 e. The van der Waals surface area contributed by atoms with Gasteiger partial charge in [-0.15, -0.1) is 0 Å². The largest absolute Gasteiger partial charge is 0.497 e. The molecule has 0 aliphatic heterocycles. The van der Waals surface area contributed by atoms with E-state index in [9.17, 15) is 0 Å². The Hall–Kier alpha value is -1.99. The zero-order valence-corrected chi connectivity index (χ0v) is 17.1. The number of guanidine groups is 1. The molecule has 7 heteroatoms. The minimum atomic E-state index is -0.0400. The summed E-state index contributed by atoms with van der Waals surface area (Å²) in [5.74, 6) is 2.37. The summed E-state index contributed by atoms with van der Waals surface area (Å²) in [6.07, 6.45) is 1.99. The summed E-state index contributed by atoms with van der Waals surface area (Å²) in [5.41, 5.74) is 0. The second-order valence-corrected chi connectivity index (χ2v) is 6.07. The van der Waals surface area contributed by atoms with Crippen LogP contribution in [0.2, 0.25) is 0 Å². The minimum absolute atomic E-state index is 0.0400. The summed E-state index contributed by atoms with van der Waals surface area (Å²) >= 11 is 0. The third-order valence-electron chi connectivity index (χ3n) is 3.67. The number of rotatable bonds is 14. The molecule has 1 unspecified atom stereocenters. The highest BCUT2D eigenvalue weighted by Crippen LogP contribution is 2.19. The molecule has 1 aromatic carbocycles. The van der Waals surface area contributed by atoms with Crippen molar-refractivity contribution in [3.05, 3.63) is 24.3 Å². The fraction of sp³-hybridized carbons (Fsp3) is 0.650. The van der Waals surface area contributed by atoms with Crippen molar-refractivity contribution in [2.45, 2.75) is 32.8 Å². The summed E-state index contributed by atoms with van der Waals surface area (Å²) in [4.78, 5) is 4.60. The Morgan fingerprint density at radius 2 is 1.89 bits per heavy atom. The molecular formula is C20H35N3O4. The first-order valence-corrected chi connectivity index (χ1v) is 9.59. The van der Waals surface area contributed by atoms with E-state index >= 15 is 0 Å². The molecule has 1 atom stereocenters. The third-order valence-corrected chi connectivity index (χ3v) is 3.67. The quantitative estimate of drug-likeness (QED) is 0.293. The van der Waals surface area contributed by atoms with Crippen LogP contribution in [0.1, 0.15) is 26.7 Å². The Balaban J connectivity index is 2.30. The average molecular weight is 382 g/mol. The lowest BCUT2D eigenvalue weighted by molar-refractivity contribution is 0.0689. The van der Waals surface area contributed by atoms with Gasteiger partial charge >= 0.3 is 0 Å². The highest BCUT2D eigenvalue weighted by molar-refractivity contribution is 5.79. The van der Waals surface area contributed by atoms with Crippen LogP contribution in [-0.4, -0.2) is 65.7 Å².